The zero-order valence-corrected chi connectivity index (χ0v) is 15.4. The van der Waals surface area contributed by atoms with E-state index in [1.807, 2.05) is 0 Å². The van der Waals surface area contributed by atoms with Crippen molar-refractivity contribution in [3.05, 3.63) is 22.5 Å². The Balaban J connectivity index is 2.49. The van der Waals surface area contributed by atoms with Gasteiger partial charge >= 0.3 is 11.9 Å². The number of hydrogen-bond acceptors (Lipinski definition) is 6. The van der Waals surface area contributed by atoms with E-state index in [1.165, 1.54) is 6.92 Å². The number of aryl methyl sites for hydroxylation is 1. The Hall–Kier alpha value is -2.15. The summed E-state index contributed by atoms with van der Waals surface area (Å²) in [6.07, 6.45) is 4.73. The van der Waals surface area contributed by atoms with Crippen molar-refractivity contribution in [2.75, 3.05) is 6.61 Å². The summed E-state index contributed by atoms with van der Waals surface area (Å²) < 4.78 is 11.8. The molecule has 0 radical (unpaired) electrons. The second-order valence-corrected chi connectivity index (χ2v) is 5.94. The molecule has 2 aromatic heterocycles. The minimum absolute atomic E-state index is 0.116. The molecule has 0 aliphatic heterocycles. The number of hydrogen-bond donors (Lipinski definition) is 0. The number of esters is 2. The minimum Gasteiger partial charge on any atom is -0.462 e. The fourth-order valence-corrected chi connectivity index (χ4v) is 2.78. The zero-order chi connectivity index (χ0) is 18.4. The molecule has 0 aliphatic carbocycles. The average molecular weight is 368 g/mol. The summed E-state index contributed by atoms with van der Waals surface area (Å²) in [5.41, 5.74) is 0.949. The van der Waals surface area contributed by atoms with Crippen molar-refractivity contribution in [2.45, 2.75) is 53.2 Å². The molecule has 2 aromatic rings. The molecule has 7 nitrogen and oxygen atoms in total. The quantitative estimate of drug-likeness (QED) is 0.524. The molecule has 0 aliphatic rings. The molecular weight excluding hydrogens is 346 g/mol. The van der Waals surface area contributed by atoms with E-state index in [9.17, 15) is 9.59 Å². The molecule has 0 N–H and O–H groups in total. The third-order valence-electron chi connectivity index (χ3n) is 3.66. The number of carbonyl (C=O) groups excluding carboxylic acids is 2. The van der Waals surface area contributed by atoms with Crippen LogP contribution in [0.5, 0.6) is 0 Å². The van der Waals surface area contributed by atoms with E-state index in [0.717, 1.165) is 19.3 Å². The molecule has 0 saturated carbocycles. The molecule has 0 unspecified atom stereocenters. The zero-order valence-electron chi connectivity index (χ0n) is 14.7. The fraction of sp³-hybridized carbons (Fsp3) is 0.529. The largest absolute Gasteiger partial charge is 0.462 e. The van der Waals surface area contributed by atoms with Gasteiger partial charge in [0.1, 0.15) is 12.2 Å². The number of pyridine rings is 1. The van der Waals surface area contributed by atoms with Crippen LogP contribution < -0.4 is 0 Å². The average Bonchev–Trinajstić information content (AvgIpc) is 2.97. The Morgan fingerprint density at radius 3 is 2.64 bits per heavy atom. The summed E-state index contributed by atoms with van der Waals surface area (Å²) in [5.74, 6) is -1.06. The summed E-state index contributed by atoms with van der Waals surface area (Å²) >= 11 is 6.43. The van der Waals surface area contributed by atoms with E-state index in [0.29, 0.717) is 17.6 Å². The number of nitrogens with zero attached hydrogens (tertiary/aromatic N) is 3. The van der Waals surface area contributed by atoms with Gasteiger partial charge in [-0.3, -0.25) is 4.79 Å². The molecule has 8 heteroatoms. The van der Waals surface area contributed by atoms with E-state index in [4.69, 9.17) is 21.1 Å². The van der Waals surface area contributed by atoms with Crippen LogP contribution in [-0.2, 0) is 27.4 Å². The van der Waals surface area contributed by atoms with Crippen LogP contribution in [0, 0.1) is 0 Å². The Bertz CT molecular complexity index is 773. The molecule has 0 aromatic carbocycles. The lowest BCUT2D eigenvalue weighted by molar-refractivity contribution is -0.142. The Labute approximate surface area is 151 Å². The topological polar surface area (TPSA) is 83.3 Å². The van der Waals surface area contributed by atoms with Crippen LogP contribution in [0.3, 0.4) is 0 Å². The summed E-state index contributed by atoms with van der Waals surface area (Å²) in [5, 5.41) is 5.11. The van der Waals surface area contributed by atoms with Gasteiger partial charge in [-0.2, -0.15) is 5.10 Å². The molecule has 0 saturated heterocycles. The van der Waals surface area contributed by atoms with Crippen LogP contribution in [0.15, 0.2) is 6.20 Å². The lowest BCUT2D eigenvalue weighted by Gasteiger charge is -2.12. The lowest BCUT2D eigenvalue weighted by Crippen LogP contribution is -2.14. The summed E-state index contributed by atoms with van der Waals surface area (Å²) in [6.45, 7) is 5.87. The van der Waals surface area contributed by atoms with Crippen molar-refractivity contribution in [2.24, 2.45) is 0 Å². The van der Waals surface area contributed by atoms with E-state index in [2.05, 4.69) is 17.0 Å². The minimum atomic E-state index is -0.595. The molecule has 0 spiro atoms. The third-order valence-corrected chi connectivity index (χ3v) is 4.05. The van der Waals surface area contributed by atoms with Crippen molar-refractivity contribution < 1.29 is 19.1 Å². The van der Waals surface area contributed by atoms with Gasteiger partial charge < -0.3 is 9.47 Å². The number of unbranched alkanes of at least 4 members (excludes halogenated alkanes) is 2. The number of carbonyl (C=O) groups is 2. The second kappa shape index (κ2) is 8.80. The highest BCUT2D eigenvalue weighted by Gasteiger charge is 2.24. The highest BCUT2D eigenvalue weighted by molar-refractivity contribution is 6.38. The van der Waals surface area contributed by atoms with E-state index in [-0.39, 0.29) is 29.5 Å². The van der Waals surface area contributed by atoms with Gasteiger partial charge in [-0.1, -0.05) is 31.4 Å². The molecule has 0 bridgehead atoms. The summed E-state index contributed by atoms with van der Waals surface area (Å²) in [6, 6.07) is 0. The van der Waals surface area contributed by atoms with Gasteiger partial charge in [0, 0.05) is 13.5 Å². The molecule has 25 heavy (non-hydrogen) atoms. The van der Waals surface area contributed by atoms with Crippen molar-refractivity contribution in [1.29, 1.82) is 0 Å². The Morgan fingerprint density at radius 1 is 1.24 bits per heavy atom. The lowest BCUT2D eigenvalue weighted by atomic mass is 10.1. The number of rotatable bonds is 8. The van der Waals surface area contributed by atoms with Crippen LogP contribution in [-0.4, -0.2) is 33.3 Å². The maximum absolute atomic E-state index is 12.3. The first-order chi connectivity index (χ1) is 12.0. The summed E-state index contributed by atoms with van der Waals surface area (Å²) in [7, 11) is 0. The van der Waals surface area contributed by atoms with Crippen molar-refractivity contribution >= 4 is 34.6 Å². The van der Waals surface area contributed by atoms with Crippen molar-refractivity contribution in [3.63, 3.8) is 0 Å². The predicted octanol–water partition coefficient (Wildman–Crippen LogP) is 3.51. The van der Waals surface area contributed by atoms with Gasteiger partial charge in [0.05, 0.1) is 28.9 Å². The van der Waals surface area contributed by atoms with Gasteiger partial charge in [-0.25, -0.2) is 14.5 Å². The van der Waals surface area contributed by atoms with Crippen molar-refractivity contribution in [1.82, 2.24) is 14.8 Å². The first kappa shape index (κ1) is 19.2. The third kappa shape index (κ3) is 4.48. The van der Waals surface area contributed by atoms with E-state index >= 15 is 0 Å². The van der Waals surface area contributed by atoms with E-state index < -0.39 is 11.9 Å². The van der Waals surface area contributed by atoms with Gasteiger partial charge in [-0.15, -0.1) is 0 Å². The standard InChI is InChI=1S/C17H22ClN3O4/c1-4-6-7-8-21-16-12(9-19-21)15(18)14(17(23)24-5-2)13(20-16)10-25-11(3)22/h9H,4-8,10H2,1-3H3. The number of ether oxygens (including phenoxy) is 2. The molecule has 2 rings (SSSR count). The maximum atomic E-state index is 12.3. The molecule has 0 amide bonds. The monoisotopic (exact) mass is 367 g/mol. The fourth-order valence-electron chi connectivity index (χ4n) is 2.46. The Morgan fingerprint density at radius 2 is 2.00 bits per heavy atom. The van der Waals surface area contributed by atoms with Crippen LogP contribution >= 0.6 is 11.6 Å². The molecular formula is C17H22ClN3O4. The van der Waals surface area contributed by atoms with Crippen molar-refractivity contribution in [3.8, 4) is 0 Å². The number of halogens is 1. The highest BCUT2D eigenvalue weighted by Crippen LogP contribution is 2.29. The van der Waals surface area contributed by atoms with Crippen LogP contribution in [0.2, 0.25) is 5.02 Å². The molecule has 0 fully saturated rings. The van der Waals surface area contributed by atoms with Crippen LogP contribution in [0.1, 0.15) is 56.1 Å². The van der Waals surface area contributed by atoms with Gasteiger partial charge in [0.25, 0.3) is 0 Å². The van der Waals surface area contributed by atoms with Gasteiger partial charge in [0.15, 0.2) is 5.65 Å². The Kier molecular flexibility index (Phi) is 6.75. The van der Waals surface area contributed by atoms with E-state index in [1.54, 1.807) is 17.8 Å². The molecule has 2 heterocycles. The summed E-state index contributed by atoms with van der Waals surface area (Å²) in [4.78, 5) is 27.9. The highest BCUT2D eigenvalue weighted by atomic mass is 35.5. The first-order valence-electron chi connectivity index (χ1n) is 8.33. The van der Waals surface area contributed by atoms with Crippen LogP contribution in [0.4, 0.5) is 0 Å². The predicted molar refractivity (Wildman–Crippen MR) is 93.5 cm³/mol. The van der Waals surface area contributed by atoms with Gasteiger partial charge in [0.2, 0.25) is 0 Å². The first-order valence-corrected chi connectivity index (χ1v) is 8.71. The smallest absolute Gasteiger partial charge is 0.341 e. The number of aromatic nitrogens is 3. The second-order valence-electron chi connectivity index (χ2n) is 5.56. The SMILES string of the molecule is CCCCCn1ncc2c(Cl)c(C(=O)OCC)c(COC(C)=O)nc21. The normalized spacial score (nSPS) is 10.9. The van der Waals surface area contributed by atoms with Gasteiger partial charge in [-0.05, 0) is 13.3 Å². The maximum Gasteiger partial charge on any atom is 0.341 e. The molecule has 136 valence electrons. The molecule has 0 atom stereocenters. The van der Waals surface area contributed by atoms with Crippen LogP contribution in [0.25, 0.3) is 11.0 Å². The number of fused-ring (bicyclic) bond motifs is 1.